The molecule has 0 radical (unpaired) electrons. The van der Waals surface area contributed by atoms with Crippen molar-refractivity contribution in [3.63, 3.8) is 0 Å². The molecule has 11 nitrogen and oxygen atoms in total. The summed E-state index contributed by atoms with van der Waals surface area (Å²) < 4.78 is 0. The highest BCUT2D eigenvalue weighted by molar-refractivity contribution is 5.94. The molecule has 7 N–H and O–H groups in total. The van der Waals surface area contributed by atoms with Gasteiger partial charge in [0.05, 0.1) is 12.4 Å². The Kier molecular flexibility index (Phi) is 11.3. The van der Waals surface area contributed by atoms with Gasteiger partial charge in [-0.3, -0.25) is 14.4 Å². The largest absolute Gasteiger partial charge is 0.480 e. The number of carboxylic acids is 1. The quantitative estimate of drug-likeness (QED) is 0.215. The second-order valence-corrected chi connectivity index (χ2v) is 9.58. The van der Waals surface area contributed by atoms with Crippen molar-refractivity contribution in [1.82, 2.24) is 25.9 Å². The van der Waals surface area contributed by atoms with Crippen LogP contribution in [0.15, 0.2) is 42.9 Å². The zero-order chi connectivity index (χ0) is 27.5. The first-order valence-electron chi connectivity index (χ1n) is 12.4. The highest BCUT2D eigenvalue weighted by Gasteiger charge is 2.33. The van der Waals surface area contributed by atoms with E-state index in [1.165, 1.54) is 6.33 Å². The third kappa shape index (κ3) is 9.02. The molecular formula is C26H38N6O5. The van der Waals surface area contributed by atoms with Gasteiger partial charge in [-0.2, -0.15) is 0 Å². The average Bonchev–Trinajstić information content (AvgIpc) is 3.37. The molecule has 0 saturated carbocycles. The molecule has 0 aliphatic heterocycles. The van der Waals surface area contributed by atoms with Crippen LogP contribution in [-0.2, 0) is 32.0 Å². The van der Waals surface area contributed by atoms with Crippen molar-refractivity contribution in [3.05, 3.63) is 54.1 Å². The molecule has 1 aromatic heterocycles. The lowest BCUT2D eigenvalue weighted by molar-refractivity contribution is -0.142. The van der Waals surface area contributed by atoms with E-state index in [1.54, 1.807) is 51.2 Å². The van der Waals surface area contributed by atoms with Gasteiger partial charge in [0.2, 0.25) is 17.7 Å². The molecule has 3 amide bonds. The summed E-state index contributed by atoms with van der Waals surface area (Å²) in [6.07, 6.45) is 3.93. The molecule has 11 heteroatoms. The summed E-state index contributed by atoms with van der Waals surface area (Å²) in [6, 6.07) is 4.95. The number of rotatable bonds is 14. The minimum atomic E-state index is -1.18. The smallest absolute Gasteiger partial charge is 0.326 e. The van der Waals surface area contributed by atoms with E-state index < -0.39 is 47.9 Å². The van der Waals surface area contributed by atoms with E-state index in [9.17, 15) is 24.3 Å². The van der Waals surface area contributed by atoms with Crippen molar-refractivity contribution < 1.29 is 24.3 Å². The lowest BCUT2D eigenvalue weighted by atomic mass is 9.95. The number of hydrogen-bond acceptors (Lipinski definition) is 6. The second kappa shape index (κ2) is 14.1. The van der Waals surface area contributed by atoms with Crippen LogP contribution in [0.2, 0.25) is 0 Å². The number of hydrogen-bond donors (Lipinski definition) is 6. The maximum Gasteiger partial charge on any atom is 0.326 e. The van der Waals surface area contributed by atoms with Crippen LogP contribution < -0.4 is 21.7 Å². The average molecular weight is 515 g/mol. The summed E-state index contributed by atoms with van der Waals surface area (Å²) in [5.74, 6) is -3.43. The minimum absolute atomic E-state index is 0.0992. The van der Waals surface area contributed by atoms with Crippen LogP contribution in [0.3, 0.4) is 0 Å². The molecule has 5 unspecified atom stereocenters. The van der Waals surface area contributed by atoms with E-state index in [1.807, 2.05) is 13.0 Å². The molecule has 37 heavy (non-hydrogen) atoms. The minimum Gasteiger partial charge on any atom is -0.480 e. The summed E-state index contributed by atoms with van der Waals surface area (Å²) in [7, 11) is 0. The van der Waals surface area contributed by atoms with Crippen molar-refractivity contribution in [2.75, 3.05) is 0 Å². The Balaban J connectivity index is 2.10. The number of nitrogens with one attached hydrogen (secondary N) is 4. The lowest BCUT2D eigenvalue weighted by Gasteiger charge is -2.29. The highest BCUT2D eigenvalue weighted by Crippen LogP contribution is 2.12. The van der Waals surface area contributed by atoms with Crippen molar-refractivity contribution in [3.8, 4) is 0 Å². The van der Waals surface area contributed by atoms with Gasteiger partial charge in [-0.15, -0.1) is 0 Å². The zero-order valence-electron chi connectivity index (χ0n) is 21.7. The van der Waals surface area contributed by atoms with Gasteiger partial charge in [0.1, 0.15) is 18.1 Å². The number of carbonyl (C=O) groups is 4. The Bertz CT molecular complexity index is 1030. The molecule has 2 aromatic rings. The van der Waals surface area contributed by atoms with Gasteiger partial charge < -0.3 is 31.8 Å². The number of carbonyl (C=O) groups excluding carboxylic acids is 3. The van der Waals surface area contributed by atoms with E-state index in [2.05, 4.69) is 25.9 Å². The van der Waals surface area contributed by atoms with E-state index in [4.69, 9.17) is 5.73 Å². The Hall–Kier alpha value is -3.73. The number of nitrogens with zero attached hydrogens (tertiary/aromatic N) is 1. The monoisotopic (exact) mass is 514 g/mol. The maximum absolute atomic E-state index is 13.2. The summed E-state index contributed by atoms with van der Waals surface area (Å²) >= 11 is 0. The van der Waals surface area contributed by atoms with Crippen LogP contribution in [-0.4, -0.2) is 62.9 Å². The van der Waals surface area contributed by atoms with E-state index in [0.29, 0.717) is 12.1 Å². The van der Waals surface area contributed by atoms with E-state index in [0.717, 1.165) is 5.56 Å². The summed E-state index contributed by atoms with van der Waals surface area (Å²) in [6.45, 7) is 7.19. The number of nitrogens with two attached hydrogens (primary N) is 1. The highest BCUT2D eigenvalue weighted by atomic mass is 16.4. The third-order valence-corrected chi connectivity index (χ3v) is 6.27. The molecule has 0 saturated heterocycles. The first kappa shape index (κ1) is 29.5. The van der Waals surface area contributed by atoms with Gasteiger partial charge in [-0.25, -0.2) is 9.78 Å². The van der Waals surface area contributed by atoms with Crippen molar-refractivity contribution in [2.45, 2.75) is 71.1 Å². The first-order chi connectivity index (χ1) is 17.5. The fourth-order valence-electron chi connectivity index (χ4n) is 3.78. The normalized spacial score (nSPS) is 15.2. The van der Waals surface area contributed by atoms with Gasteiger partial charge in [0.15, 0.2) is 0 Å². The Labute approximate surface area is 217 Å². The fourth-order valence-corrected chi connectivity index (χ4v) is 3.78. The van der Waals surface area contributed by atoms with Gasteiger partial charge in [-0.05, 0) is 17.4 Å². The van der Waals surface area contributed by atoms with E-state index >= 15 is 0 Å². The fraction of sp³-hybridized carbons (Fsp3) is 0.500. The second-order valence-electron chi connectivity index (χ2n) is 9.58. The van der Waals surface area contributed by atoms with Gasteiger partial charge >= 0.3 is 5.97 Å². The standard InChI is InChI=1S/C26H38N6O5/c1-5-16(4)22(25(35)30-20(26(36)37)11-17-9-7-6-8-10-17)32-24(34)21(15(2)3)31-23(33)19(27)12-18-13-28-14-29-18/h6-10,13-16,19-22H,5,11-12,27H2,1-4H3,(H,28,29)(H,30,35)(H,31,33)(H,32,34)(H,36,37). The van der Waals surface area contributed by atoms with Crippen LogP contribution in [0.1, 0.15) is 45.4 Å². The maximum atomic E-state index is 13.2. The molecule has 202 valence electrons. The lowest BCUT2D eigenvalue weighted by Crippen LogP contribution is -2.60. The van der Waals surface area contributed by atoms with Crippen LogP contribution in [0, 0.1) is 11.8 Å². The number of aromatic amines is 1. The van der Waals surface area contributed by atoms with E-state index in [-0.39, 0.29) is 24.7 Å². The molecule has 0 spiro atoms. The molecule has 0 fully saturated rings. The van der Waals surface area contributed by atoms with Crippen molar-refractivity contribution in [2.24, 2.45) is 17.6 Å². The van der Waals surface area contributed by atoms with Crippen LogP contribution in [0.4, 0.5) is 0 Å². The Morgan fingerprint density at radius 2 is 1.57 bits per heavy atom. The number of aliphatic carboxylic acids is 1. The number of benzene rings is 1. The predicted molar refractivity (Wildman–Crippen MR) is 138 cm³/mol. The molecule has 0 bridgehead atoms. The predicted octanol–water partition coefficient (Wildman–Crippen LogP) is 0.763. The Morgan fingerprint density at radius 1 is 0.946 bits per heavy atom. The summed E-state index contributed by atoms with van der Waals surface area (Å²) in [5.41, 5.74) is 7.45. The number of amides is 3. The molecular weight excluding hydrogens is 476 g/mol. The van der Waals surface area contributed by atoms with Crippen LogP contribution >= 0.6 is 0 Å². The van der Waals surface area contributed by atoms with Crippen molar-refractivity contribution >= 4 is 23.7 Å². The summed E-state index contributed by atoms with van der Waals surface area (Å²) in [5, 5.41) is 17.7. The molecule has 0 aliphatic rings. The zero-order valence-corrected chi connectivity index (χ0v) is 21.7. The number of imidazole rings is 1. The van der Waals surface area contributed by atoms with Crippen molar-refractivity contribution in [1.29, 1.82) is 0 Å². The van der Waals surface area contributed by atoms with Crippen LogP contribution in [0.25, 0.3) is 0 Å². The third-order valence-electron chi connectivity index (χ3n) is 6.27. The van der Waals surface area contributed by atoms with Crippen LogP contribution in [0.5, 0.6) is 0 Å². The van der Waals surface area contributed by atoms with Gasteiger partial charge in [0, 0.05) is 24.7 Å². The Morgan fingerprint density at radius 3 is 2.11 bits per heavy atom. The van der Waals surface area contributed by atoms with Gasteiger partial charge in [0.25, 0.3) is 0 Å². The SMILES string of the molecule is CCC(C)C(NC(=O)C(NC(=O)C(N)Cc1cnc[nH]1)C(C)C)C(=O)NC(Cc1ccccc1)C(=O)O. The molecule has 1 aromatic carbocycles. The molecule has 0 aliphatic carbocycles. The number of aromatic nitrogens is 2. The topological polar surface area (TPSA) is 179 Å². The first-order valence-corrected chi connectivity index (χ1v) is 12.4. The molecule has 1 heterocycles. The molecule has 2 rings (SSSR count). The number of carboxylic acid groups (broad SMARTS) is 1. The molecule has 5 atom stereocenters. The summed E-state index contributed by atoms with van der Waals surface area (Å²) in [4.78, 5) is 57.7. The van der Waals surface area contributed by atoms with Gasteiger partial charge in [-0.1, -0.05) is 64.4 Å². The number of H-pyrrole nitrogens is 1.